The maximum absolute atomic E-state index is 13.6. The maximum Gasteiger partial charge on any atom is 0.223 e. The first-order valence-corrected chi connectivity index (χ1v) is 8.76. The van der Waals surface area contributed by atoms with Crippen molar-refractivity contribution >= 4 is 16.8 Å². The van der Waals surface area contributed by atoms with E-state index >= 15 is 0 Å². The molecule has 2 aromatic carbocycles. The predicted octanol–water partition coefficient (Wildman–Crippen LogP) is 4.29. The topological polar surface area (TPSA) is 44.9 Å². The molecule has 1 heterocycles. The van der Waals surface area contributed by atoms with Crippen molar-refractivity contribution in [3.63, 3.8) is 0 Å². The van der Waals surface area contributed by atoms with E-state index in [1.807, 2.05) is 37.3 Å². The third-order valence-electron chi connectivity index (χ3n) is 5.18. The van der Waals surface area contributed by atoms with E-state index in [9.17, 15) is 9.18 Å². The highest BCUT2D eigenvalue weighted by Crippen LogP contribution is 2.32. The lowest BCUT2D eigenvalue weighted by atomic mass is 9.85. The van der Waals surface area contributed by atoms with Gasteiger partial charge in [-0.2, -0.15) is 0 Å². The summed E-state index contributed by atoms with van der Waals surface area (Å²) < 4.78 is 13.6. The van der Waals surface area contributed by atoms with Gasteiger partial charge in [0.25, 0.3) is 0 Å². The van der Waals surface area contributed by atoms with Crippen molar-refractivity contribution in [1.29, 1.82) is 0 Å². The van der Waals surface area contributed by atoms with Gasteiger partial charge < -0.3 is 10.3 Å². The normalized spacial score (nSPS) is 17.9. The molecule has 2 N–H and O–H groups in total. The zero-order valence-corrected chi connectivity index (χ0v) is 14.2. The molecule has 0 radical (unpaired) electrons. The van der Waals surface area contributed by atoms with Gasteiger partial charge in [-0.25, -0.2) is 4.39 Å². The number of aryl methyl sites for hydroxylation is 1. The third kappa shape index (κ3) is 3.04. The first-order chi connectivity index (χ1) is 12.1. The standard InChI is InChI=1S/C21H21FN2O/c1-13(14-5-3-2-4-6-14)23-21(25)15-7-9-19-17(11-15)18-12-16(22)8-10-20(18)24-19/h2-6,8,10,12-13,15,24H,7,9,11H2,1H3,(H,23,25). The number of carbonyl (C=O) groups excluding carboxylic acids is 1. The fraction of sp³-hybridized carbons (Fsp3) is 0.286. The molecule has 25 heavy (non-hydrogen) atoms. The molecule has 0 fully saturated rings. The van der Waals surface area contributed by atoms with E-state index in [0.29, 0.717) is 6.42 Å². The van der Waals surface area contributed by atoms with Crippen LogP contribution >= 0.6 is 0 Å². The summed E-state index contributed by atoms with van der Waals surface area (Å²) in [5, 5.41) is 4.03. The molecule has 4 heteroatoms. The highest BCUT2D eigenvalue weighted by Gasteiger charge is 2.28. The van der Waals surface area contributed by atoms with E-state index in [2.05, 4.69) is 10.3 Å². The number of aromatic nitrogens is 1. The summed E-state index contributed by atoms with van der Waals surface area (Å²) in [6.45, 7) is 2.00. The molecule has 0 saturated carbocycles. The van der Waals surface area contributed by atoms with Gasteiger partial charge in [0.05, 0.1) is 6.04 Å². The minimum Gasteiger partial charge on any atom is -0.358 e. The Morgan fingerprint density at radius 1 is 1.24 bits per heavy atom. The summed E-state index contributed by atoms with van der Waals surface area (Å²) in [5.74, 6) is -0.229. The molecule has 0 bridgehead atoms. The number of amides is 1. The lowest BCUT2D eigenvalue weighted by molar-refractivity contribution is -0.126. The minimum atomic E-state index is -0.237. The fourth-order valence-electron chi connectivity index (χ4n) is 3.77. The minimum absolute atomic E-state index is 0.0180. The molecule has 1 amide bonds. The Bertz CT molecular complexity index is 916. The summed E-state index contributed by atoms with van der Waals surface area (Å²) in [6, 6.07) is 14.8. The average Bonchev–Trinajstić information content (AvgIpc) is 2.99. The van der Waals surface area contributed by atoms with E-state index in [1.54, 1.807) is 12.1 Å². The monoisotopic (exact) mass is 336 g/mol. The van der Waals surface area contributed by atoms with Crippen LogP contribution in [-0.4, -0.2) is 10.9 Å². The fourth-order valence-corrected chi connectivity index (χ4v) is 3.77. The first-order valence-electron chi connectivity index (χ1n) is 8.76. The Balaban J connectivity index is 1.52. The van der Waals surface area contributed by atoms with Gasteiger partial charge in [0.1, 0.15) is 5.82 Å². The molecule has 4 rings (SSSR count). The number of H-pyrrole nitrogens is 1. The molecule has 128 valence electrons. The number of rotatable bonds is 3. The predicted molar refractivity (Wildman–Crippen MR) is 96.8 cm³/mol. The molecule has 3 nitrogen and oxygen atoms in total. The molecule has 0 aliphatic heterocycles. The Morgan fingerprint density at radius 2 is 2.04 bits per heavy atom. The van der Waals surface area contributed by atoms with Crippen LogP contribution in [0.3, 0.4) is 0 Å². The van der Waals surface area contributed by atoms with Gasteiger partial charge in [-0.15, -0.1) is 0 Å². The van der Waals surface area contributed by atoms with Crippen LogP contribution in [-0.2, 0) is 17.6 Å². The van der Waals surface area contributed by atoms with Gasteiger partial charge in [0.2, 0.25) is 5.91 Å². The highest BCUT2D eigenvalue weighted by atomic mass is 19.1. The second kappa shape index (κ2) is 6.36. The van der Waals surface area contributed by atoms with Gasteiger partial charge in [-0.1, -0.05) is 30.3 Å². The van der Waals surface area contributed by atoms with Crippen LogP contribution in [0.4, 0.5) is 4.39 Å². The van der Waals surface area contributed by atoms with Crippen LogP contribution < -0.4 is 5.32 Å². The van der Waals surface area contributed by atoms with Crippen molar-refractivity contribution in [1.82, 2.24) is 10.3 Å². The summed E-state index contributed by atoms with van der Waals surface area (Å²) >= 11 is 0. The number of nitrogens with one attached hydrogen (secondary N) is 2. The van der Waals surface area contributed by atoms with Crippen LogP contribution in [0, 0.1) is 11.7 Å². The smallest absolute Gasteiger partial charge is 0.223 e. The average molecular weight is 336 g/mol. The van der Waals surface area contributed by atoms with Crippen molar-refractivity contribution in [2.45, 2.75) is 32.2 Å². The van der Waals surface area contributed by atoms with Crippen molar-refractivity contribution in [3.05, 3.63) is 71.2 Å². The second-order valence-corrected chi connectivity index (χ2v) is 6.85. The summed E-state index contributed by atoms with van der Waals surface area (Å²) in [5.41, 5.74) is 4.28. The zero-order chi connectivity index (χ0) is 17.4. The number of hydrogen-bond donors (Lipinski definition) is 2. The third-order valence-corrected chi connectivity index (χ3v) is 5.18. The van der Waals surface area contributed by atoms with Crippen molar-refractivity contribution in [3.8, 4) is 0 Å². The molecule has 1 aliphatic rings. The molecule has 1 aromatic heterocycles. The summed E-state index contributed by atoms with van der Waals surface area (Å²) in [4.78, 5) is 16.1. The van der Waals surface area contributed by atoms with Crippen molar-refractivity contribution < 1.29 is 9.18 Å². The van der Waals surface area contributed by atoms with Crippen molar-refractivity contribution in [2.75, 3.05) is 0 Å². The number of halogens is 1. The molecule has 2 atom stereocenters. The summed E-state index contributed by atoms with van der Waals surface area (Å²) in [6.07, 6.45) is 2.30. The second-order valence-electron chi connectivity index (χ2n) is 6.85. The molecule has 1 aliphatic carbocycles. The summed E-state index contributed by atoms with van der Waals surface area (Å²) in [7, 11) is 0. The number of hydrogen-bond acceptors (Lipinski definition) is 1. The van der Waals surface area contributed by atoms with Crippen LogP contribution in [0.25, 0.3) is 10.9 Å². The van der Waals surface area contributed by atoms with Crippen LogP contribution in [0.5, 0.6) is 0 Å². The molecule has 0 spiro atoms. The quantitative estimate of drug-likeness (QED) is 0.736. The van der Waals surface area contributed by atoms with Gasteiger partial charge in [-0.3, -0.25) is 4.79 Å². The van der Waals surface area contributed by atoms with Crippen LogP contribution in [0.15, 0.2) is 48.5 Å². The van der Waals surface area contributed by atoms with E-state index in [-0.39, 0.29) is 23.7 Å². The lowest BCUT2D eigenvalue weighted by Crippen LogP contribution is -2.35. The molecule has 0 saturated heterocycles. The van der Waals surface area contributed by atoms with E-state index in [1.165, 1.54) is 6.07 Å². The van der Waals surface area contributed by atoms with Crippen molar-refractivity contribution in [2.24, 2.45) is 5.92 Å². The van der Waals surface area contributed by atoms with Crippen LogP contribution in [0.2, 0.25) is 0 Å². The van der Waals surface area contributed by atoms with Gasteiger partial charge in [0, 0.05) is 22.5 Å². The lowest BCUT2D eigenvalue weighted by Gasteiger charge is -2.24. The maximum atomic E-state index is 13.6. The molecule has 2 unspecified atom stereocenters. The Morgan fingerprint density at radius 3 is 2.84 bits per heavy atom. The Labute approximate surface area is 146 Å². The van der Waals surface area contributed by atoms with E-state index in [0.717, 1.165) is 40.6 Å². The SMILES string of the molecule is CC(NC(=O)C1CCc2[nH]c3ccc(F)cc3c2C1)c1ccccc1. The van der Waals surface area contributed by atoms with E-state index in [4.69, 9.17) is 0 Å². The number of aromatic amines is 1. The van der Waals surface area contributed by atoms with Gasteiger partial charge in [-0.05, 0) is 55.5 Å². The first kappa shape index (κ1) is 15.9. The Kier molecular flexibility index (Phi) is 4.04. The zero-order valence-electron chi connectivity index (χ0n) is 14.2. The molecular weight excluding hydrogens is 315 g/mol. The van der Waals surface area contributed by atoms with E-state index < -0.39 is 0 Å². The number of fused-ring (bicyclic) bond motifs is 3. The number of benzene rings is 2. The number of carbonyl (C=O) groups is 1. The Hall–Kier alpha value is -2.62. The largest absolute Gasteiger partial charge is 0.358 e. The van der Waals surface area contributed by atoms with Crippen LogP contribution in [0.1, 0.15) is 36.2 Å². The van der Waals surface area contributed by atoms with Gasteiger partial charge >= 0.3 is 0 Å². The van der Waals surface area contributed by atoms with Gasteiger partial charge in [0.15, 0.2) is 0 Å². The molecular formula is C21H21FN2O. The molecule has 3 aromatic rings. The highest BCUT2D eigenvalue weighted by molar-refractivity contribution is 5.87.